The lowest BCUT2D eigenvalue weighted by atomic mass is 9.57. The predicted octanol–water partition coefficient (Wildman–Crippen LogP) is 5.91. The van der Waals surface area contributed by atoms with Crippen LogP contribution in [0.15, 0.2) is 0 Å². The highest BCUT2D eigenvalue weighted by atomic mass is 14.5. The molecule has 0 N–H and O–H groups in total. The lowest BCUT2D eigenvalue weighted by molar-refractivity contribution is 0.0111. The van der Waals surface area contributed by atoms with Gasteiger partial charge >= 0.3 is 0 Å². The first-order chi connectivity index (χ1) is 9.20. The van der Waals surface area contributed by atoms with Crippen LogP contribution >= 0.6 is 0 Å². The van der Waals surface area contributed by atoms with E-state index in [4.69, 9.17) is 0 Å². The maximum atomic E-state index is 2.59. The Hall–Kier alpha value is 0. The fourth-order valence-corrected chi connectivity index (χ4v) is 6.09. The van der Waals surface area contributed by atoms with Gasteiger partial charge in [0.05, 0.1) is 0 Å². The normalized spacial score (nSPS) is 51.0. The molecule has 3 rings (SSSR count). The minimum absolute atomic E-state index is 0.994. The van der Waals surface area contributed by atoms with E-state index in [0.717, 1.165) is 41.4 Å². The molecule has 0 amide bonds. The Morgan fingerprint density at radius 2 is 1.58 bits per heavy atom. The highest BCUT2D eigenvalue weighted by Crippen LogP contribution is 2.54. The van der Waals surface area contributed by atoms with Gasteiger partial charge in [-0.1, -0.05) is 52.9 Å². The molecule has 0 nitrogen and oxygen atoms in total. The van der Waals surface area contributed by atoms with Gasteiger partial charge in [-0.2, -0.15) is 0 Å². The summed E-state index contributed by atoms with van der Waals surface area (Å²) in [6.45, 7) is 7.53. The second kappa shape index (κ2) is 5.78. The molecule has 5 unspecified atom stereocenters. The zero-order valence-corrected chi connectivity index (χ0v) is 13.4. The van der Waals surface area contributed by atoms with Crippen molar-refractivity contribution in [3.8, 4) is 0 Å². The summed E-state index contributed by atoms with van der Waals surface area (Å²) in [4.78, 5) is 0. The van der Waals surface area contributed by atoms with E-state index in [9.17, 15) is 0 Å². The molecule has 110 valence electrons. The van der Waals surface area contributed by atoms with E-state index in [1.165, 1.54) is 25.7 Å². The predicted molar refractivity (Wildman–Crippen MR) is 83.0 cm³/mol. The quantitative estimate of drug-likeness (QED) is 0.580. The van der Waals surface area contributed by atoms with E-state index < -0.39 is 0 Å². The molecule has 3 saturated carbocycles. The van der Waals surface area contributed by atoms with Crippen molar-refractivity contribution in [2.75, 3.05) is 0 Å². The first-order valence-corrected chi connectivity index (χ1v) is 9.20. The first-order valence-electron chi connectivity index (χ1n) is 9.20. The molecule has 0 aromatic heterocycles. The van der Waals surface area contributed by atoms with E-state index >= 15 is 0 Å². The van der Waals surface area contributed by atoms with Crippen LogP contribution in [0.2, 0.25) is 0 Å². The monoisotopic (exact) mass is 262 g/mol. The summed E-state index contributed by atoms with van der Waals surface area (Å²) < 4.78 is 0. The van der Waals surface area contributed by atoms with E-state index in [-0.39, 0.29) is 0 Å². The Bertz CT molecular complexity index is 286. The molecule has 0 heterocycles. The van der Waals surface area contributed by atoms with Crippen LogP contribution in [-0.2, 0) is 0 Å². The maximum Gasteiger partial charge on any atom is -0.0326 e. The molecule has 0 saturated heterocycles. The zero-order valence-electron chi connectivity index (χ0n) is 13.4. The topological polar surface area (TPSA) is 0 Å². The molecule has 19 heavy (non-hydrogen) atoms. The molecule has 5 atom stereocenters. The summed E-state index contributed by atoms with van der Waals surface area (Å²) >= 11 is 0. The third-order valence-corrected chi connectivity index (χ3v) is 7.40. The van der Waals surface area contributed by atoms with E-state index in [1.54, 1.807) is 32.1 Å². The van der Waals surface area contributed by atoms with Crippen LogP contribution < -0.4 is 0 Å². The van der Waals surface area contributed by atoms with Crippen molar-refractivity contribution in [3.63, 3.8) is 0 Å². The van der Waals surface area contributed by atoms with Gasteiger partial charge in [0.2, 0.25) is 0 Å². The Balaban J connectivity index is 1.70. The van der Waals surface area contributed by atoms with Crippen LogP contribution in [0, 0.1) is 41.4 Å². The second-order valence-electron chi connectivity index (χ2n) is 8.19. The van der Waals surface area contributed by atoms with E-state index in [0.29, 0.717) is 0 Å². The highest BCUT2D eigenvalue weighted by molar-refractivity contribution is 4.95. The van der Waals surface area contributed by atoms with Gasteiger partial charge < -0.3 is 0 Å². The Morgan fingerprint density at radius 3 is 2.26 bits per heavy atom. The molecule has 0 bridgehead atoms. The third kappa shape index (κ3) is 2.61. The van der Waals surface area contributed by atoms with E-state index in [1.807, 2.05) is 0 Å². The molecule has 3 fully saturated rings. The molecule has 0 spiro atoms. The summed E-state index contributed by atoms with van der Waals surface area (Å²) in [5, 5.41) is 0. The number of rotatable bonds is 2. The highest BCUT2D eigenvalue weighted by Gasteiger charge is 2.46. The van der Waals surface area contributed by atoms with Gasteiger partial charge in [-0.05, 0) is 67.1 Å². The summed E-state index contributed by atoms with van der Waals surface area (Å²) in [7, 11) is 0. The average molecular weight is 262 g/mol. The zero-order chi connectivity index (χ0) is 13.4. The van der Waals surface area contributed by atoms with Gasteiger partial charge in [-0.3, -0.25) is 0 Å². The number of hydrogen-bond acceptors (Lipinski definition) is 0. The van der Waals surface area contributed by atoms with Crippen LogP contribution in [0.5, 0.6) is 0 Å². The van der Waals surface area contributed by atoms with Crippen LogP contribution in [-0.4, -0.2) is 0 Å². The van der Waals surface area contributed by atoms with E-state index in [2.05, 4.69) is 20.8 Å². The third-order valence-electron chi connectivity index (χ3n) is 7.40. The van der Waals surface area contributed by atoms with Crippen molar-refractivity contribution in [1.82, 2.24) is 0 Å². The summed E-state index contributed by atoms with van der Waals surface area (Å²) in [5.41, 5.74) is 0. The minimum atomic E-state index is 0.994. The van der Waals surface area contributed by atoms with Crippen LogP contribution in [0.25, 0.3) is 0 Å². The largest absolute Gasteiger partial charge is 0.0651 e. The standard InChI is InChI=1S/C19H34/c1-4-15-8-10-16(11-9-15)19-14(3)13(2)12-17-6-5-7-18(17)19/h13-19H,4-12H2,1-3H3. The number of fused-ring (bicyclic) bond motifs is 1. The summed E-state index contributed by atoms with van der Waals surface area (Å²) in [6, 6.07) is 0. The molecular weight excluding hydrogens is 228 g/mol. The van der Waals surface area contributed by atoms with Gasteiger partial charge in [0.1, 0.15) is 0 Å². The Morgan fingerprint density at radius 1 is 0.842 bits per heavy atom. The van der Waals surface area contributed by atoms with Crippen molar-refractivity contribution < 1.29 is 0 Å². The summed E-state index contributed by atoms with van der Waals surface area (Å²) in [6.07, 6.45) is 13.8. The first kappa shape index (κ1) is 14.0. The second-order valence-corrected chi connectivity index (χ2v) is 8.19. The maximum absolute atomic E-state index is 2.59. The average Bonchev–Trinajstić information content (AvgIpc) is 2.88. The van der Waals surface area contributed by atoms with Crippen LogP contribution in [0.3, 0.4) is 0 Å². The molecule has 0 radical (unpaired) electrons. The lowest BCUT2D eigenvalue weighted by Gasteiger charge is -2.48. The fourth-order valence-electron chi connectivity index (χ4n) is 6.09. The molecule has 0 aromatic rings. The number of hydrogen-bond donors (Lipinski definition) is 0. The van der Waals surface area contributed by atoms with Crippen LogP contribution in [0.4, 0.5) is 0 Å². The minimum Gasteiger partial charge on any atom is -0.0651 e. The molecule has 0 heteroatoms. The van der Waals surface area contributed by atoms with Crippen molar-refractivity contribution in [2.45, 2.75) is 78.6 Å². The molecular formula is C19H34. The van der Waals surface area contributed by atoms with Gasteiger partial charge in [-0.25, -0.2) is 0 Å². The molecule has 3 aliphatic carbocycles. The smallest absolute Gasteiger partial charge is 0.0326 e. The van der Waals surface area contributed by atoms with Gasteiger partial charge in [0.15, 0.2) is 0 Å². The van der Waals surface area contributed by atoms with Crippen LogP contribution in [0.1, 0.15) is 78.6 Å². The SMILES string of the molecule is CCC1CCC(C2C(C)C(C)CC3CCCC32)CC1. The van der Waals surface area contributed by atoms with Gasteiger partial charge in [0, 0.05) is 0 Å². The molecule has 0 aliphatic heterocycles. The Labute approximate surface area is 120 Å². The van der Waals surface area contributed by atoms with Crippen molar-refractivity contribution in [2.24, 2.45) is 41.4 Å². The van der Waals surface area contributed by atoms with Crippen molar-refractivity contribution in [1.29, 1.82) is 0 Å². The molecule has 0 aromatic carbocycles. The lowest BCUT2D eigenvalue weighted by Crippen LogP contribution is -2.41. The fraction of sp³-hybridized carbons (Fsp3) is 1.00. The van der Waals surface area contributed by atoms with Crippen molar-refractivity contribution >= 4 is 0 Å². The Kier molecular flexibility index (Phi) is 4.25. The molecule has 3 aliphatic rings. The van der Waals surface area contributed by atoms with Gasteiger partial charge in [0.25, 0.3) is 0 Å². The van der Waals surface area contributed by atoms with Crippen molar-refractivity contribution in [3.05, 3.63) is 0 Å². The summed E-state index contributed by atoms with van der Waals surface area (Å²) in [5.74, 6) is 7.47. The van der Waals surface area contributed by atoms with Gasteiger partial charge in [-0.15, -0.1) is 0 Å².